The number of hydrogen-bond donors (Lipinski definition) is 0. The van der Waals surface area contributed by atoms with E-state index < -0.39 is 5.97 Å². The third-order valence-corrected chi connectivity index (χ3v) is 2.82. The van der Waals surface area contributed by atoms with Crippen LogP contribution in [-0.2, 0) is 20.6 Å². The normalized spacial score (nSPS) is 12.2. The van der Waals surface area contributed by atoms with Crippen LogP contribution in [0.25, 0.3) is 5.65 Å². The molecule has 0 aliphatic heterocycles. The molecule has 0 unspecified atom stereocenters. The third kappa shape index (κ3) is 2.17. The van der Waals surface area contributed by atoms with Crippen molar-refractivity contribution in [2.24, 2.45) is 0 Å². The van der Waals surface area contributed by atoms with Crippen LogP contribution in [-0.4, -0.2) is 36.7 Å². The molecule has 0 atom stereocenters. The zero-order valence-electron chi connectivity index (χ0n) is 10.2. The summed E-state index contributed by atoms with van der Waals surface area (Å²) < 4.78 is 17.8. The van der Waals surface area contributed by atoms with Gasteiger partial charge in [-0.2, -0.15) is 0 Å². The van der Waals surface area contributed by atoms with Gasteiger partial charge in [0.2, 0.25) is 0 Å². The van der Waals surface area contributed by atoms with E-state index in [-0.39, 0.29) is 0 Å². The highest BCUT2D eigenvalue weighted by Crippen LogP contribution is 2.19. The topological polar surface area (TPSA) is 45.0 Å². The Morgan fingerprint density at radius 3 is 2.53 bits per heavy atom. The molecule has 2 heterocycles. The number of methoxy groups -OCH3 is 3. The molecule has 0 fully saturated rings. The van der Waals surface area contributed by atoms with Crippen LogP contribution in [0.2, 0.25) is 0 Å². The lowest BCUT2D eigenvalue weighted by Gasteiger charge is -2.28. The van der Waals surface area contributed by atoms with E-state index in [0.29, 0.717) is 6.42 Å². The standard InChI is InChI=1S/C12H16N2O3/c1-15-12(16-2,17-3)8-10-9-13-11-6-4-5-7-14(10)11/h4-7,9H,8H2,1-3H3. The molecule has 92 valence electrons. The summed E-state index contributed by atoms with van der Waals surface area (Å²) in [5, 5.41) is 0. The molecule has 17 heavy (non-hydrogen) atoms. The van der Waals surface area contributed by atoms with E-state index in [1.165, 1.54) is 0 Å². The summed E-state index contributed by atoms with van der Waals surface area (Å²) in [6, 6.07) is 5.84. The highest BCUT2D eigenvalue weighted by molar-refractivity contribution is 5.39. The van der Waals surface area contributed by atoms with Crippen LogP contribution in [0.3, 0.4) is 0 Å². The van der Waals surface area contributed by atoms with Crippen molar-refractivity contribution in [3.8, 4) is 0 Å². The molecule has 5 nitrogen and oxygen atoms in total. The quantitative estimate of drug-likeness (QED) is 0.737. The van der Waals surface area contributed by atoms with E-state index in [4.69, 9.17) is 14.2 Å². The molecule has 0 aliphatic rings. The Morgan fingerprint density at radius 2 is 1.88 bits per heavy atom. The lowest BCUT2D eigenvalue weighted by molar-refractivity contribution is -0.351. The summed E-state index contributed by atoms with van der Waals surface area (Å²) >= 11 is 0. The van der Waals surface area contributed by atoms with Crippen molar-refractivity contribution in [1.82, 2.24) is 9.38 Å². The minimum Gasteiger partial charge on any atom is -0.331 e. The number of hydrogen-bond acceptors (Lipinski definition) is 4. The second-order valence-corrected chi connectivity index (χ2v) is 3.65. The van der Waals surface area contributed by atoms with Crippen LogP contribution < -0.4 is 0 Å². The Balaban J connectivity index is 2.34. The van der Waals surface area contributed by atoms with Crippen LogP contribution in [0, 0.1) is 0 Å². The lowest BCUT2D eigenvalue weighted by atomic mass is 10.3. The Labute approximate surface area is 99.9 Å². The van der Waals surface area contributed by atoms with Gasteiger partial charge < -0.3 is 18.6 Å². The highest BCUT2D eigenvalue weighted by Gasteiger charge is 2.31. The van der Waals surface area contributed by atoms with E-state index in [1.54, 1.807) is 27.5 Å². The minimum absolute atomic E-state index is 0.460. The fourth-order valence-corrected chi connectivity index (χ4v) is 1.80. The van der Waals surface area contributed by atoms with Crippen molar-refractivity contribution in [3.05, 3.63) is 36.3 Å². The SMILES string of the molecule is COC(Cc1cnc2ccccn12)(OC)OC. The average molecular weight is 236 g/mol. The van der Waals surface area contributed by atoms with Gasteiger partial charge in [0.25, 0.3) is 5.97 Å². The number of aromatic nitrogens is 2. The van der Waals surface area contributed by atoms with Crippen molar-refractivity contribution >= 4 is 5.65 Å². The minimum atomic E-state index is -1.06. The average Bonchev–Trinajstić information content (AvgIpc) is 2.79. The molecule has 2 aromatic rings. The predicted octanol–water partition coefficient (Wildman–Crippen LogP) is 1.47. The molecule has 0 N–H and O–H groups in total. The van der Waals surface area contributed by atoms with Gasteiger partial charge in [0, 0.05) is 33.7 Å². The monoisotopic (exact) mass is 236 g/mol. The van der Waals surface area contributed by atoms with Gasteiger partial charge in [-0.25, -0.2) is 4.98 Å². The fourth-order valence-electron chi connectivity index (χ4n) is 1.80. The van der Waals surface area contributed by atoms with E-state index in [9.17, 15) is 0 Å². The Bertz CT molecular complexity index is 483. The van der Waals surface area contributed by atoms with Crippen LogP contribution in [0.15, 0.2) is 30.6 Å². The van der Waals surface area contributed by atoms with Crippen molar-refractivity contribution in [2.45, 2.75) is 12.4 Å². The Hall–Kier alpha value is -1.43. The van der Waals surface area contributed by atoms with E-state index in [1.807, 2.05) is 28.8 Å². The van der Waals surface area contributed by atoms with Crippen LogP contribution in [0.1, 0.15) is 5.69 Å². The van der Waals surface area contributed by atoms with Gasteiger partial charge in [-0.1, -0.05) is 6.07 Å². The summed E-state index contributed by atoms with van der Waals surface area (Å²) in [4.78, 5) is 4.30. The summed E-state index contributed by atoms with van der Waals surface area (Å²) in [6.45, 7) is 0. The fraction of sp³-hybridized carbons (Fsp3) is 0.417. The van der Waals surface area contributed by atoms with Crippen molar-refractivity contribution < 1.29 is 14.2 Å². The zero-order valence-corrected chi connectivity index (χ0v) is 10.2. The molecule has 2 rings (SSSR count). The number of rotatable bonds is 5. The van der Waals surface area contributed by atoms with Gasteiger partial charge in [-0.15, -0.1) is 0 Å². The molecule has 0 bridgehead atoms. The van der Waals surface area contributed by atoms with Crippen molar-refractivity contribution in [1.29, 1.82) is 0 Å². The first-order chi connectivity index (χ1) is 8.24. The van der Waals surface area contributed by atoms with Gasteiger partial charge in [0.15, 0.2) is 0 Å². The smallest absolute Gasteiger partial charge is 0.287 e. The van der Waals surface area contributed by atoms with Gasteiger partial charge >= 0.3 is 0 Å². The summed E-state index contributed by atoms with van der Waals surface area (Å²) in [5.41, 5.74) is 1.85. The molecular weight excluding hydrogens is 220 g/mol. The lowest BCUT2D eigenvalue weighted by Crippen LogP contribution is -2.38. The Kier molecular flexibility index (Phi) is 3.42. The zero-order chi connectivity index (χ0) is 12.3. The van der Waals surface area contributed by atoms with Gasteiger partial charge in [0.05, 0.1) is 12.1 Å². The summed E-state index contributed by atoms with van der Waals surface area (Å²) in [5.74, 6) is -1.06. The third-order valence-electron chi connectivity index (χ3n) is 2.82. The van der Waals surface area contributed by atoms with E-state index in [2.05, 4.69) is 4.98 Å². The maximum Gasteiger partial charge on any atom is 0.287 e. The summed E-state index contributed by atoms with van der Waals surface area (Å²) in [6.07, 6.45) is 4.20. The maximum absolute atomic E-state index is 5.27. The second-order valence-electron chi connectivity index (χ2n) is 3.65. The summed E-state index contributed by atoms with van der Waals surface area (Å²) in [7, 11) is 4.66. The van der Waals surface area contributed by atoms with Gasteiger partial charge in [-0.05, 0) is 12.1 Å². The maximum atomic E-state index is 5.27. The first kappa shape index (κ1) is 12.0. The van der Waals surface area contributed by atoms with E-state index in [0.717, 1.165) is 11.3 Å². The van der Waals surface area contributed by atoms with Gasteiger partial charge in [0.1, 0.15) is 5.65 Å². The first-order valence-corrected chi connectivity index (χ1v) is 5.31. The molecule has 0 saturated heterocycles. The highest BCUT2D eigenvalue weighted by atomic mass is 16.9. The molecule has 0 saturated carbocycles. The van der Waals surface area contributed by atoms with Crippen molar-refractivity contribution in [2.75, 3.05) is 21.3 Å². The number of imidazole rings is 1. The molecule has 0 radical (unpaired) electrons. The molecule has 0 aromatic carbocycles. The van der Waals surface area contributed by atoms with Crippen molar-refractivity contribution in [3.63, 3.8) is 0 Å². The number of fused-ring (bicyclic) bond motifs is 1. The molecule has 2 aromatic heterocycles. The van der Waals surface area contributed by atoms with E-state index >= 15 is 0 Å². The largest absolute Gasteiger partial charge is 0.331 e. The Morgan fingerprint density at radius 1 is 1.18 bits per heavy atom. The molecule has 0 spiro atoms. The number of ether oxygens (including phenoxy) is 3. The number of pyridine rings is 1. The van der Waals surface area contributed by atoms with Crippen LogP contribution in [0.5, 0.6) is 0 Å². The number of nitrogens with zero attached hydrogens (tertiary/aromatic N) is 2. The van der Waals surface area contributed by atoms with Crippen LogP contribution >= 0.6 is 0 Å². The molecular formula is C12H16N2O3. The van der Waals surface area contributed by atoms with Gasteiger partial charge in [-0.3, -0.25) is 0 Å². The predicted molar refractivity (Wildman–Crippen MR) is 62.7 cm³/mol. The molecule has 0 amide bonds. The van der Waals surface area contributed by atoms with Crippen LogP contribution in [0.4, 0.5) is 0 Å². The second kappa shape index (κ2) is 4.83. The first-order valence-electron chi connectivity index (χ1n) is 5.31. The molecule has 0 aliphatic carbocycles. The molecule has 5 heteroatoms.